The molecule has 0 aliphatic carbocycles. The maximum absolute atomic E-state index is 3.38. The molecule has 1 heterocycles. The van der Waals surface area contributed by atoms with Crippen molar-refractivity contribution in [3.05, 3.63) is 29.8 Å². The Morgan fingerprint density at radius 2 is 1.88 bits per heavy atom. The zero-order chi connectivity index (χ0) is 11.2. The highest BCUT2D eigenvalue weighted by Crippen LogP contribution is 2.18. The van der Waals surface area contributed by atoms with Crippen molar-refractivity contribution in [1.82, 2.24) is 10.2 Å². The van der Waals surface area contributed by atoms with Crippen molar-refractivity contribution in [3.63, 3.8) is 0 Å². The fraction of sp³-hybridized carbons (Fsp3) is 0.538. The molecular formula is C13H20N2S. The van der Waals surface area contributed by atoms with Crippen LogP contribution in [0.3, 0.4) is 0 Å². The molecule has 1 aliphatic heterocycles. The molecule has 88 valence electrons. The number of nitrogens with one attached hydrogen (secondary N) is 1. The summed E-state index contributed by atoms with van der Waals surface area (Å²) >= 11 is 1.96. The van der Waals surface area contributed by atoms with Gasteiger partial charge in [-0.15, -0.1) is 11.8 Å². The predicted molar refractivity (Wildman–Crippen MR) is 71.2 cm³/mol. The quantitative estimate of drug-likeness (QED) is 0.805. The van der Waals surface area contributed by atoms with E-state index < -0.39 is 0 Å². The van der Waals surface area contributed by atoms with Crippen LogP contribution in [-0.2, 0) is 0 Å². The minimum Gasteiger partial charge on any atom is -0.314 e. The second kappa shape index (κ2) is 6.28. The fourth-order valence-electron chi connectivity index (χ4n) is 1.86. The average molecular weight is 236 g/mol. The average Bonchev–Trinajstić information content (AvgIpc) is 2.33. The Morgan fingerprint density at radius 1 is 1.19 bits per heavy atom. The molecule has 0 radical (unpaired) electrons. The van der Waals surface area contributed by atoms with Gasteiger partial charge in [0.15, 0.2) is 0 Å². The van der Waals surface area contributed by atoms with Crippen molar-refractivity contribution in [1.29, 1.82) is 0 Å². The van der Waals surface area contributed by atoms with E-state index in [0.29, 0.717) is 0 Å². The van der Waals surface area contributed by atoms with Crippen LogP contribution in [0.5, 0.6) is 0 Å². The zero-order valence-corrected chi connectivity index (χ0v) is 10.7. The van der Waals surface area contributed by atoms with Gasteiger partial charge < -0.3 is 5.32 Å². The zero-order valence-electron chi connectivity index (χ0n) is 9.91. The number of rotatable bonds is 4. The van der Waals surface area contributed by atoms with Gasteiger partial charge in [-0.1, -0.05) is 17.7 Å². The highest BCUT2D eigenvalue weighted by Gasteiger charge is 2.08. The molecule has 0 saturated carbocycles. The van der Waals surface area contributed by atoms with Crippen LogP contribution in [-0.4, -0.2) is 43.4 Å². The van der Waals surface area contributed by atoms with Gasteiger partial charge in [-0.2, -0.15) is 0 Å². The van der Waals surface area contributed by atoms with Crippen LogP contribution in [0, 0.1) is 6.92 Å². The van der Waals surface area contributed by atoms with Crippen molar-refractivity contribution < 1.29 is 0 Å². The van der Waals surface area contributed by atoms with E-state index >= 15 is 0 Å². The maximum atomic E-state index is 3.38. The molecule has 0 aromatic heterocycles. The van der Waals surface area contributed by atoms with E-state index in [1.54, 1.807) is 0 Å². The molecule has 0 spiro atoms. The van der Waals surface area contributed by atoms with Crippen molar-refractivity contribution >= 4 is 11.8 Å². The maximum Gasteiger partial charge on any atom is 0.0108 e. The van der Waals surface area contributed by atoms with Crippen LogP contribution in [0.1, 0.15) is 5.56 Å². The van der Waals surface area contributed by atoms with Crippen LogP contribution >= 0.6 is 11.8 Å². The van der Waals surface area contributed by atoms with Gasteiger partial charge in [-0.3, -0.25) is 4.90 Å². The highest BCUT2D eigenvalue weighted by atomic mass is 32.2. The van der Waals surface area contributed by atoms with Crippen LogP contribution in [0.15, 0.2) is 29.2 Å². The minimum atomic E-state index is 1.15. The molecule has 1 aliphatic rings. The van der Waals surface area contributed by atoms with Crippen LogP contribution in [0.2, 0.25) is 0 Å². The SMILES string of the molecule is Cc1ccc(SCCN2CCNCC2)cc1. The van der Waals surface area contributed by atoms with E-state index in [9.17, 15) is 0 Å². The predicted octanol–water partition coefficient (Wildman–Crippen LogP) is 1.99. The molecule has 1 N–H and O–H groups in total. The molecule has 0 atom stereocenters. The van der Waals surface area contributed by atoms with Crippen LogP contribution < -0.4 is 5.32 Å². The summed E-state index contributed by atoms with van der Waals surface area (Å²) in [7, 11) is 0. The summed E-state index contributed by atoms with van der Waals surface area (Å²) < 4.78 is 0. The first kappa shape index (κ1) is 12.0. The summed E-state index contributed by atoms with van der Waals surface area (Å²) in [5.41, 5.74) is 1.34. The minimum absolute atomic E-state index is 1.15. The lowest BCUT2D eigenvalue weighted by molar-refractivity contribution is 0.255. The molecule has 1 aromatic rings. The number of piperazine rings is 1. The van der Waals surface area contributed by atoms with Gasteiger partial charge in [-0.05, 0) is 19.1 Å². The molecule has 3 heteroatoms. The van der Waals surface area contributed by atoms with E-state index in [-0.39, 0.29) is 0 Å². The highest BCUT2D eigenvalue weighted by molar-refractivity contribution is 7.99. The van der Waals surface area contributed by atoms with Gasteiger partial charge in [0.05, 0.1) is 0 Å². The van der Waals surface area contributed by atoms with Crippen molar-refractivity contribution in [2.75, 3.05) is 38.5 Å². The van der Waals surface area contributed by atoms with Crippen molar-refractivity contribution in [3.8, 4) is 0 Å². The molecule has 1 saturated heterocycles. The first-order valence-corrected chi connectivity index (χ1v) is 6.96. The second-order valence-electron chi connectivity index (χ2n) is 4.25. The topological polar surface area (TPSA) is 15.3 Å². The monoisotopic (exact) mass is 236 g/mol. The summed E-state index contributed by atoms with van der Waals surface area (Å²) in [5, 5.41) is 3.38. The number of hydrogen-bond donors (Lipinski definition) is 1. The molecule has 16 heavy (non-hydrogen) atoms. The van der Waals surface area contributed by atoms with Gasteiger partial charge in [0.25, 0.3) is 0 Å². The molecule has 0 amide bonds. The Labute approximate surface area is 102 Å². The number of thioether (sulfide) groups is 1. The lowest BCUT2D eigenvalue weighted by Gasteiger charge is -2.26. The summed E-state index contributed by atoms with van der Waals surface area (Å²) in [6.07, 6.45) is 0. The number of nitrogens with zero attached hydrogens (tertiary/aromatic N) is 1. The van der Waals surface area contributed by atoms with E-state index in [0.717, 1.165) is 13.1 Å². The molecule has 0 bridgehead atoms. The number of aryl methyl sites for hydroxylation is 1. The van der Waals surface area contributed by atoms with Crippen molar-refractivity contribution in [2.24, 2.45) is 0 Å². The normalized spacial score (nSPS) is 17.6. The van der Waals surface area contributed by atoms with Gasteiger partial charge in [0.2, 0.25) is 0 Å². The van der Waals surface area contributed by atoms with Gasteiger partial charge in [-0.25, -0.2) is 0 Å². The summed E-state index contributed by atoms with van der Waals surface area (Å²) in [6, 6.07) is 8.82. The first-order valence-electron chi connectivity index (χ1n) is 5.97. The van der Waals surface area contributed by atoms with Crippen molar-refractivity contribution in [2.45, 2.75) is 11.8 Å². The molecule has 1 fully saturated rings. The summed E-state index contributed by atoms with van der Waals surface area (Å²) in [5.74, 6) is 1.20. The summed E-state index contributed by atoms with van der Waals surface area (Å²) in [4.78, 5) is 3.93. The van der Waals surface area contributed by atoms with Gasteiger partial charge >= 0.3 is 0 Å². The standard InChI is InChI=1S/C13H20N2S/c1-12-2-4-13(5-3-12)16-11-10-15-8-6-14-7-9-15/h2-5,14H,6-11H2,1H3. The van der Waals surface area contributed by atoms with Gasteiger partial charge in [0.1, 0.15) is 0 Å². The largest absolute Gasteiger partial charge is 0.314 e. The smallest absolute Gasteiger partial charge is 0.0108 e. The van der Waals surface area contributed by atoms with E-state index in [1.165, 1.54) is 35.8 Å². The lowest BCUT2D eigenvalue weighted by atomic mass is 10.2. The molecule has 1 aromatic carbocycles. The Hall–Kier alpha value is -0.510. The number of hydrogen-bond acceptors (Lipinski definition) is 3. The fourth-order valence-corrected chi connectivity index (χ4v) is 2.78. The number of benzene rings is 1. The lowest BCUT2D eigenvalue weighted by Crippen LogP contribution is -2.44. The third kappa shape index (κ3) is 3.81. The van der Waals surface area contributed by atoms with E-state index in [4.69, 9.17) is 0 Å². The second-order valence-corrected chi connectivity index (χ2v) is 5.42. The molecule has 0 unspecified atom stereocenters. The Morgan fingerprint density at radius 3 is 2.56 bits per heavy atom. The molecule has 2 nitrogen and oxygen atoms in total. The van der Waals surface area contributed by atoms with E-state index in [2.05, 4.69) is 41.4 Å². The molecule has 2 rings (SSSR count). The Bertz CT molecular complexity index is 304. The van der Waals surface area contributed by atoms with E-state index in [1.807, 2.05) is 11.8 Å². The van der Waals surface area contributed by atoms with Gasteiger partial charge in [0, 0.05) is 43.4 Å². The molecular weight excluding hydrogens is 216 g/mol. The third-order valence-corrected chi connectivity index (χ3v) is 3.90. The summed E-state index contributed by atoms with van der Waals surface area (Å²) in [6.45, 7) is 8.04. The van der Waals surface area contributed by atoms with Crippen LogP contribution in [0.25, 0.3) is 0 Å². The Kier molecular flexibility index (Phi) is 4.69. The third-order valence-electron chi connectivity index (χ3n) is 2.91. The first-order chi connectivity index (χ1) is 7.84. The van der Waals surface area contributed by atoms with Crippen LogP contribution in [0.4, 0.5) is 0 Å². The Balaban J connectivity index is 1.69.